The molecule has 0 aliphatic carbocycles. The lowest BCUT2D eigenvalue weighted by atomic mass is 9.76. The van der Waals surface area contributed by atoms with Gasteiger partial charge in [-0.05, 0) is 29.3 Å². The highest BCUT2D eigenvalue weighted by Gasteiger charge is 2.39. The van der Waals surface area contributed by atoms with Crippen molar-refractivity contribution in [3.63, 3.8) is 0 Å². The van der Waals surface area contributed by atoms with Gasteiger partial charge in [0, 0.05) is 21.8 Å². The van der Waals surface area contributed by atoms with Crippen LogP contribution in [0.4, 0.5) is 0 Å². The monoisotopic (exact) mass is 417 g/mol. The smallest absolute Gasteiger partial charge is 0.234 e. The molecule has 2 unspecified atom stereocenters. The van der Waals surface area contributed by atoms with Crippen molar-refractivity contribution >= 4 is 50.4 Å². The van der Waals surface area contributed by atoms with Crippen LogP contribution in [0.25, 0.3) is 11.0 Å². The van der Waals surface area contributed by atoms with Gasteiger partial charge < -0.3 is 4.98 Å². The molecule has 1 fully saturated rings. The van der Waals surface area contributed by atoms with Crippen molar-refractivity contribution in [2.45, 2.75) is 18.3 Å². The van der Waals surface area contributed by atoms with Crippen LogP contribution in [-0.2, 0) is 9.59 Å². The summed E-state index contributed by atoms with van der Waals surface area (Å²) in [7, 11) is 0. The van der Waals surface area contributed by atoms with Crippen LogP contribution in [0.3, 0.4) is 0 Å². The fourth-order valence-corrected chi connectivity index (χ4v) is 4.25. The maximum absolute atomic E-state index is 12.7. The molecule has 5 nitrogen and oxygen atoms in total. The molecule has 7 heteroatoms. The lowest BCUT2D eigenvalue weighted by molar-refractivity contribution is -0.135. The van der Waals surface area contributed by atoms with Crippen LogP contribution in [0.2, 0.25) is 5.02 Å². The quantitative estimate of drug-likeness (QED) is 0.620. The molecular formula is C18H13BrClN3O2. The minimum atomic E-state index is -0.555. The van der Waals surface area contributed by atoms with Crippen LogP contribution >= 0.6 is 27.5 Å². The van der Waals surface area contributed by atoms with E-state index < -0.39 is 5.92 Å². The molecule has 1 aliphatic rings. The first-order chi connectivity index (χ1) is 12.0. The average molecular weight is 419 g/mol. The molecule has 2 N–H and O–H groups in total. The van der Waals surface area contributed by atoms with Gasteiger partial charge in [0.25, 0.3) is 0 Å². The second-order valence-corrected chi connectivity index (χ2v) is 7.34. The normalized spacial score (nSPS) is 20.7. The van der Waals surface area contributed by atoms with E-state index in [0.717, 1.165) is 21.1 Å². The fraction of sp³-hybridized carbons (Fsp3) is 0.167. The summed E-state index contributed by atoms with van der Waals surface area (Å²) in [4.78, 5) is 32.2. The first kappa shape index (κ1) is 16.3. The van der Waals surface area contributed by atoms with Crippen molar-refractivity contribution in [1.29, 1.82) is 0 Å². The van der Waals surface area contributed by atoms with E-state index in [1.54, 1.807) is 12.4 Å². The summed E-state index contributed by atoms with van der Waals surface area (Å²) in [6.07, 6.45) is 1.81. The Morgan fingerprint density at radius 1 is 1.16 bits per heavy atom. The maximum Gasteiger partial charge on any atom is 0.234 e. The summed E-state index contributed by atoms with van der Waals surface area (Å²) in [6, 6.07) is 11.2. The Morgan fingerprint density at radius 3 is 2.80 bits per heavy atom. The number of hydrogen-bond acceptors (Lipinski definition) is 3. The first-order valence-corrected chi connectivity index (χ1v) is 8.92. The molecule has 126 valence electrons. The molecule has 0 bridgehead atoms. The number of nitrogens with one attached hydrogen (secondary N) is 2. The molecule has 0 radical (unpaired) electrons. The number of H-pyrrole nitrogens is 1. The number of carbonyl (C=O) groups is 2. The number of imidazole rings is 1. The molecule has 0 spiro atoms. The first-order valence-electron chi connectivity index (χ1n) is 7.75. The molecule has 25 heavy (non-hydrogen) atoms. The molecule has 2 aromatic carbocycles. The van der Waals surface area contributed by atoms with Gasteiger partial charge in [-0.15, -0.1) is 0 Å². The van der Waals surface area contributed by atoms with Gasteiger partial charge >= 0.3 is 0 Å². The topological polar surface area (TPSA) is 74.8 Å². The second-order valence-electron chi connectivity index (χ2n) is 6.01. The highest BCUT2D eigenvalue weighted by atomic mass is 79.9. The Balaban J connectivity index is 1.89. The Labute approximate surface area is 156 Å². The van der Waals surface area contributed by atoms with Crippen LogP contribution in [-0.4, -0.2) is 21.8 Å². The predicted molar refractivity (Wildman–Crippen MR) is 98.5 cm³/mol. The van der Waals surface area contributed by atoms with Crippen LogP contribution in [0.1, 0.15) is 29.4 Å². The standard InChI is InChI=1S/C18H13BrClN3O2/c19-9-4-5-11(13(20)6-9)16-12(7-15(24)23-18(16)25)10-2-1-3-14-17(10)22-8-21-14/h1-6,8,12,16H,7H2,(H,21,22)(H,23,24,25). The summed E-state index contributed by atoms with van der Waals surface area (Å²) in [6.45, 7) is 0. The van der Waals surface area contributed by atoms with E-state index in [1.807, 2.05) is 30.3 Å². The zero-order valence-electron chi connectivity index (χ0n) is 12.9. The van der Waals surface area contributed by atoms with E-state index >= 15 is 0 Å². The number of rotatable bonds is 2. The summed E-state index contributed by atoms with van der Waals surface area (Å²) in [5.74, 6) is -1.50. The van der Waals surface area contributed by atoms with Gasteiger partial charge in [-0.2, -0.15) is 0 Å². The van der Waals surface area contributed by atoms with Crippen LogP contribution in [0, 0.1) is 0 Å². The molecule has 2 amide bonds. The van der Waals surface area contributed by atoms with E-state index in [9.17, 15) is 9.59 Å². The third-order valence-electron chi connectivity index (χ3n) is 4.53. The zero-order valence-corrected chi connectivity index (χ0v) is 15.3. The molecule has 1 saturated heterocycles. The van der Waals surface area contributed by atoms with Crippen molar-refractivity contribution in [2.24, 2.45) is 0 Å². The number of piperidine rings is 1. The van der Waals surface area contributed by atoms with E-state index in [1.165, 1.54) is 0 Å². The SMILES string of the molecule is O=C1CC(c2cccc3[nH]cnc23)C(c2ccc(Br)cc2Cl)C(=O)N1. The Bertz CT molecular complexity index is 1000. The summed E-state index contributed by atoms with van der Waals surface area (Å²) < 4.78 is 0.833. The van der Waals surface area contributed by atoms with Crippen LogP contribution in [0.5, 0.6) is 0 Å². The van der Waals surface area contributed by atoms with Gasteiger partial charge in [0.1, 0.15) is 0 Å². The van der Waals surface area contributed by atoms with Gasteiger partial charge in [0.2, 0.25) is 11.8 Å². The number of aromatic amines is 1. The number of nitrogens with zero attached hydrogens (tertiary/aromatic N) is 1. The predicted octanol–water partition coefficient (Wildman–Crippen LogP) is 3.89. The number of fused-ring (bicyclic) bond motifs is 1. The molecule has 0 saturated carbocycles. The highest BCUT2D eigenvalue weighted by molar-refractivity contribution is 9.10. The fourth-order valence-electron chi connectivity index (χ4n) is 3.46. The van der Waals surface area contributed by atoms with E-state index in [-0.39, 0.29) is 24.2 Å². The van der Waals surface area contributed by atoms with Gasteiger partial charge in [-0.25, -0.2) is 4.98 Å². The number of hydrogen-bond donors (Lipinski definition) is 2. The number of para-hydroxylation sites is 1. The summed E-state index contributed by atoms with van der Waals surface area (Å²) >= 11 is 9.78. The number of carbonyl (C=O) groups excluding carboxylic acids is 2. The van der Waals surface area contributed by atoms with E-state index in [0.29, 0.717) is 10.6 Å². The van der Waals surface area contributed by atoms with Gasteiger partial charge in [-0.1, -0.05) is 45.7 Å². The Hall–Kier alpha value is -2.18. The number of imide groups is 1. The largest absolute Gasteiger partial charge is 0.345 e. The lowest BCUT2D eigenvalue weighted by Gasteiger charge is -2.31. The number of benzene rings is 2. The van der Waals surface area contributed by atoms with Gasteiger partial charge in [-0.3, -0.25) is 14.9 Å². The van der Waals surface area contributed by atoms with Gasteiger partial charge in [0.15, 0.2) is 0 Å². The summed E-state index contributed by atoms with van der Waals surface area (Å²) in [5.41, 5.74) is 3.21. The lowest BCUT2D eigenvalue weighted by Crippen LogP contribution is -2.43. The van der Waals surface area contributed by atoms with Crippen LogP contribution in [0.15, 0.2) is 47.2 Å². The van der Waals surface area contributed by atoms with Gasteiger partial charge in [0.05, 0.1) is 23.3 Å². The maximum atomic E-state index is 12.7. The van der Waals surface area contributed by atoms with Crippen LogP contribution < -0.4 is 5.32 Å². The Morgan fingerprint density at radius 2 is 2.00 bits per heavy atom. The molecule has 4 rings (SSSR count). The average Bonchev–Trinajstić information content (AvgIpc) is 3.04. The molecule has 2 atom stereocenters. The van der Waals surface area contributed by atoms with Crippen molar-refractivity contribution in [2.75, 3.05) is 0 Å². The third-order valence-corrected chi connectivity index (χ3v) is 5.35. The molecular weight excluding hydrogens is 406 g/mol. The van der Waals surface area contributed by atoms with E-state index in [2.05, 4.69) is 31.2 Å². The van der Waals surface area contributed by atoms with Crippen molar-refractivity contribution in [1.82, 2.24) is 15.3 Å². The van der Waals surface area contributed by atoms with Crippen molar-refractivity contribution in [3.8, 4) is 0 Å². The Kier molecular flexibility index (Phi) is 4.09. The molecule has 2 heterocycles. The molecule has 1 aliphatic heterocycles. The number of amides is 2. The highest BCUT2D eigenvalue weighted by Crippen LogP contribution is 2.43. The number of halogens is 2. The second kappa shape index (κ2) is 6.28. The minimum Gasteiger partial charge on any atom is -0.345 e. The summed E-state index contributed by atoms with van der Waals surface area (Å²) in [5, 5.41) is 2.92. The zero-order chi connectivity index (χ0) is 17.6. The van der Waals surface area contributed by atoms with Crippen molar-refractivity contribution < 1.29 is 9.59 Å². The minimum absolute atomic E-state index is 0.203. The molecule has 3 aromatic rings. The van der Waals surface area contributed by atoms with Crippen molar-refractivity contribution in [3.05, 3.63) is 63.3 Å². The van der Waals surface area contributed by atoms with E-state index in [4.69, 9.17) is 11.6 Å². The molecule has 1 aromatic heterocycles. The number of aromatic nitrogens is 2. The third kappa shape index (κ3) is 2.85.